The Labute approximate surface area is 155 Å². The number of benzene rings is 2. The van der Waals surface area contributed by atoms with E-state index in [1.807, 2.05) is 66.2 Å². The van der Waals surface area contributed by atoms with Gasteiger partial charge < -0.3 is 5.32 Å². The summed E-state index contributed by atoms with van der Waals surface area (Å²) in [6.45, 7) is 1.53. The van der Waals surface area contributed by atoms with Crippen molar-refractivity contribution in [2.75, 3.05) is 0 Å². The van der Waals surface area contributed by atoms with Gasteiger partial charge in [-0.2, -0.15) is 0 Å². The molecule has 0 spiro atoms. The highest BCUT2D eigenvalue weighted by Crippen LogP contribution is 2.30. The number of fused-ring (bicyclic) bond motifs is 1. The lowest BCUT2D eigenvalue weighted by Gasteiger charge is -2.15. The second kappa shape index (κ2) is 7.06. The van der Waals surface area contributed by atoms with E-state index in [0.29, 0.717) is 0 Å². The molecule has 0 fully saturated rings. The maximum Gasteiger partial charge on any atom is 0.217 e. The smallest absolute Gasteiger partial charge is 0.217 e. The predicted molar refractivity (Wildman–Crippen MR) is 105 cm³/mol. The first-order valence-electron chi connectivity index (χ1n) is 8.33. The standard InChI is InChI=1S/C21H17N3OS/c1-14(25)23-20(15-7-3-2-4-8-15)21-24-19(13-26-21)17-11-16-9-5-6-10-18(16)22-12-17/h2-13,20H,1H3,(H,23,25). The number of thiazole rings is 1. The van der Waals surface area contributed by atoms with Crippen molar-refractivity contribution >= 4 is 28.1 Å². The van der Waals surface area contributed by atoms with Gasteiger partial charge in [0.25, 0.3) is 0 Å². The van der Waals surface area contributed by atoms with Crippen molar-refractivity contribution in [1.29, 1.82) is 0 Å². The Hall–Kier alpha value is -3.05. The van der Waals surface area contributed by atoms with E-state index in [4.69, 9.17) is 4.98 Å². The third kappa shape index (κ3) is 3.34. The van der Waals surface area contributed by atoms with Crippen LogP contribution in [0.5, 0.6) is 0 Å². The zero-order valence-corrected chi connectivity index (χ0v) is 15.0. The van der Waals surface area contributed by atoms with Crippen LogP contribution in [0.2, 0.25) is 0 Å². The highest BCUT2D eigenvalue weighted by molar-refractivity contribution is 7.10. The van der Waals surface area contributed by atoms with Gasteiger partial charge in [-0.05, 0) is 17.7 Å². The molecule has 5 heteroatoms. The molecule has 4 nitrogen and oxygen atoms in total. The van der Waals surface area contributed by atoms with Crippen LogP contribution in [0.1, 0.15) is 23.5 Å². The fourth-order valence-corrected chi connectivity index (χ4v) is 3.80. The summed E-state index contributed by atoms with van der Waals surface area (Å²) >= 11 is 1.54. The summed E-state index contributed by atoms with van der Waals surface area (Å²) in [5.74, 6) is -0.0806. The third-order valence-corrected chi connectivity index (χ3v) is 5.05. The van der Waals surface area contributed by atoms with E-state index in [-0.39, 0.29) is 11.9 Å². The number of carbonyl (C=O) groups excluding carboxylic acids is 1. The lowest BCUT2D eigenvalue weighted by Crippen LogP contribution is -2.26. The number of amides is 1. The number of aromatic nitrogens is 2. The summed E-state index contributed by atoms with van der Waals surface area (Å²) in [6.07, 6.45) is 1.84. The quantitative estimate of drug-likeness (QED) is 0.580. The molecule has 4 aromatic rings. The number of rotatable bonds is 4. The Morgan fingerprint density at radius 1 is 1.08 bits per heavy atom. The van der Waals surface area contributed by atoms with Crippen molar-refractivity contribution in [3.63, 3.8) is 0 Å². The molecular weight excluding hydrogens is 342 g/mol. The van der Waals surface area contributed by atoms with E-state index >= 15 is 0 Å². The fraction of sp³-hybridized carbons (Fsp3) is 0.0952. The molecule has 2 aromatic carbocycles. The lowest BCUT2D eigenvalue weighted by atomic mass is 10.1. The Bertz CT molecular complexity index is 1060. The summed E-state index contributed by atoms with van der Waals surface area (Å²) in [5, 5.41) is 6.95. The number of hydrogen-bond donors (Lipinski definition) is 1. The SMILES string of the molecule is CC(=O)NC(c1ccccc1)c1nc(-c2cnc3ccccc3c2)cs1. The Morgan fingerprint density at radius 2 is 1.85 bits per heavy atom. The van der Waals surface area contributed by atoms with Crippen molar-refractivity contribution in [3.05, 3.63) is 82.8 Å². The first kappa shape index (κ1) is 16.4. The second-order valence-electron chi connectivity index (χ2n) is 6.03. The first-order chi connectivity index (χ1) is 12.7. The summed E-state index contributed by atoms with van der Waals surface area (Å²) in [4.78, 5) is 21.0. The minimum absolute atomic E-state index is 0.0806. The molecule has 1 amide bonds. The monoisotopic (exact) mass is 359 g/mol. The van der Waals surface area contributed by atoms with Gasteiger partial charge in [0, 0.05) is 29.5 Å². The molecule has 1 N–H and O–H groups in total. The number of nitrogens with one attached hydrogen (secondary N) is 1. The van der Waals surface area contributed by atoms with Gasteiger partial charge in [0.1, 0.15) is 11.0 Å². The van der Waals surface area contributed by atoms with Gasteiger partial charge in [0.05, 0.1) is 11.2 Å². The molecule has 1 atom stereocenters. The normalized spacial score (nSPS) is 12.0. The van der Waals surface area contributed by atoms with Crippen LogP contribution in [0.3, 0.4) is 0 Å². The van der Waals surface area contributed by atoms with E-state index in [9.17, 15) is 4.79 Å². The van der Waals surface area contributed by atoms with Gasteiger partial charge in [0.2, 0.25) is 5.91 Å². The predicted octanol–water partition coefficient (Wildman–Crippen LogP) is 4.58. The molecule has 26 heavy (non-hydrogen) atoms. The Balaban J connectivity index is 1.71. The summed E-state index contributed by atoms with van der Waals surface area (Å²) < 4.78 is 0. The van der Waals surface area contributed by atoms with Gasteiger partial charge in [-0.25, -0.2) is 4.98 Å². The maximum atomic E-state index is 11.7. The average molecular weight is 359 g/mol. The van der Waals surface area contributed by atoms with Crippen LogP contribution in [-0.4, -0.2) is 15.9 Å². The van der Waals surface area contributed by atoms with Crippen molar-refractivity contribution in [2.45, 2.75) is 13.0 Å². The van der Waals surface area contributed by atoms with Crippen LogP contribution >= 0.6 is 11.3 Å². The molecule has 2 heterocycles. The van der Waals surface area contributed by atoms with Gasteiger partial charge in [-0.3, -0.25) is 9.78 Å². The molecule has 0 bridgehead atoms. The second-order valence-corrected chi connectivity index (χ2v) is 6.92. The van der Waals surface area contributed by atoms with E-state index < -0.39 is 0 Å². The van der Waals surface area contributed by atoms with Crippen molar-refractivity contribution in [3.8, 4) is 11.3 Å². The molecule has 0 saturated heterocycles. The molecule has 1 unspecified atom stereocenters. The number of pyridine rings is 1. The van der Waals surface area contributed by atoms with Gasteiger partial charge in [-0.15, -0.1) is 11.3 Å². The maximum absolute atomic E-state index is 11.7. The van der Waals surface area contributed by atoms with Crippen LogP contribution in [-0.2, 0) is 4.79 Å². The van der Waals surface area contributed by atoms with Crippen LogP contribution < -0.4 is 5.32 Å². The van der Waals surface area contributed by atoms with Crippen molar-refractivity contribution < 1.29 is 4.79 Å². The Morgan fingerprint density at radius 3 is 2.65 bits per heavy atom. The largest absolute Gasteiger partial charge is 0.343 e. The molecule has 2 aromatic heterocycles. The average Bonchev–Trinajstić information content (AvgIpc) is 3.16. The minimum Gasteiger partial charge on any atom is -0.343 e. The highest BCUT2D eigenvalue weighted by atomic mass is 32.1. The van der Waals surface area contributed by atoms with E-state index in [1.54, 1.807) is 11.3 Å². The van der Waals surface area contributed by atoms with Crippen LogP contribution in [0.25, 0.3) is 22.2 Å². The molecule has 0 aliphatic heterocycles. The summed E-state index contributed by atoms with van der Waals surface area (Å²) in [7, 11) is 0. The number of nitrogens with zero attached hydrogens (tertiary/aromatic N) is 2. The molecule has 0 saturated carbocycles. The van der Waals surface area contributed by atoms with Crippen LogP contribution in [0.15, 0.2) is 72.2 Å². The molecule has 0 radical (unpaired) electrons. The number of para-hydroxylation sites is 1. The Kier molecular flexibility index (Phi) is 4.46. The molecular formula is C21H17N3OS. The van der Waals surface area contributed by atoms with E-state index in [2.05, 4.69) is 16.4 Å². The summed E-state index contributed by atoms with van der Waals surface area (Å²) in [6, 6.07) is 19.8. The first-order valence-corrected chi connectivity index (χ1v) is 9.21. The lowest BCUT2D eigenvalue weighted by molar-refractivity contribution is -0.119. The van der Waals surface area contributed by atoms with Crippen LogP contribution in [0, 0.1) is 0 Å². The van der Waals surface area contributed by atoms with Gasteiger partial charge >= 0.3 is 0 Å². The summed E-state index contributed by atoms with van der Waals surface area (Å²) in [5.41, 5.74) is 3.82. The van der Waals surface area contributed by atoms with Gasteiger partial charge in [0.15, 0.2) is 0 Å². The number of carbonyl (C=O) groups is 1. The van der Waals surface area contributed by atoms with Crippen LogP contribution in [0.4, 0.5) is 0 Å². The topological polar surface area (TPSA) is 54.9 Å². The third-order valence-electron chi connectivity index (χ3n) is 4.14. The zero-order chi connectivity index (χ0) is 17.9. The van der Waals surface area contributed by atoms with Gasteiger partial charge in [-0.1, -0.05) is 48.5 Å². The minimum atomic E-state index is -0.249. The molecule has 0 aliphatic rings. The zero-order valence-electron chi connectivity index (χ0n) is 14.2. The molecule has 0 aliphatic carbocycles. The van der Waals surface area contributed by atoms with Crippen molar-refractivity contribution in [1.82, 2.24) is 15.3 Å². The van der Waals surface area contributed by atoms with E-state index in [1.165, 1.54) is 6.92 Å². The number of hydrogen-bond acceptors (Lipinski definition) is 4. The fourth-order valence-electron chi connectivity index (χ4n) is 2.90. The van der Waals surface area contributed by atoms with Crippen molar-refractivity contribution in [2.24, 2.45) is 0 Å². The molecule has 4 rings (SSSR count). The van der Waals surface area contributed by atoms with E-state index in [0.717, 1.165) is 32.7 Å². The molecule has 128 valence electrons. The highest BCUT2D eigenvalue weighted by Gasteiger charge is 2.19.